The van der Waals surface area contributed by atoms with E-state index in [0.29, 0.717) is 5.54 Å². The van der Waals surface area contributed by atoms with Crippen LogP contribution in [-0.4, -0.2) is 11.8 Å². The summed E-state index contributed by atoms with van der Waals surface area (Å²) in [6.07, 6.45) is 0. The van der Waals surface area contributed by atoms with E-state index in [2.05, 4.69) is 29.5 Å². The molecule has 0 aliphatic heterocycles. The Kier molecular flexibility index (Phi) is 5.37. The van der Waals surface area contributed by atoms with E-state index in [-0.39, 0.29) is 0 Å². The number of hydrogen-bond donors (Lipinski definition) is 0. The fourth-order valence-corrected chi connectivity index (χ4v) is 4.07. The van der Waals surface area contributed by atoms with Crippen molar-refractivity contribution >= 4 is 52.2 Å². The lowest BCUT2D eigenvalue weighted by Crippen LogP contribution is -2.02. The summed E-state index contributed by atoms with van der Waals surface area (Å²) in [6.45, 7) is 2.09. The molecule has 0 aliphatic carbocycles. The van der Waals surface area contributed by atoms with Crippen LogP contribution in [0.3, 0.4) is 0 Å². The summed E-state index contributed by atoms with van der Waals surface area (Å²) in [5, 5.41) is 0. The van der Waals surface area contributed by atoms with Crippen molar-refractivity contribution in [2.75, 3.05) is 4.43 Å². The second-order valence-corrected chi connectivity index (χ2v) is 7.65. The quantitative estimate of drug-likeness (QED) is 0.313. The van der Waals surface area contributed by atoms with Crippen molar-refractivity contribution in [3.8, 4) is 0 Å². The van der Waals surface area contributed by atoms with Crippen molar-refractivity contribution in [1.82, 2.24) is 0 Å². The summed E-state index contributed by atoms with van der Waals surface area (Å²) in [7, 11) is -1.33. The minimum Gasteiger partial charge on any atom is -0.150 e. The van der Waals surface area contributed by atoms with Crippen LogP contribution in [0.25, 0.3) is 0 Å². The maximum Gasteiger partial charge on any atom is 0.240 e. The van der Waals surface area contributed by atoms with E-state index >= 15 is 0 Å². The molecule has 44 valence electrons. The molecule has 0 saturated carbocycles. The van der Waals surface area contributed by atoms with Gasteiger partial charge < -0.3 is 0 Å². The molecule has 0 saturated heterocycles. The first-order valence-corrected chi connectivity index (χ1v) is 7.71. The van der Waals surface area contributed by atoms with Gasteiger partial charge in [0.2, 0.25) is 7.42 Å². The van der Waals surface area contributed by atoms with Gasteiger partial charge in [0.25, 0.3) is 0 Å². The SMILES string of the molecule is CC(CI)[SiH](Cl)Cl. The van der Waals surface area contributed by atoms with Crippen LogP contribution < -0.4 is 0 Å². The first-order chi connectivity index (χ1) is 3.18. The van der Waals surface area contributed by atoms with Gasteiger partial charge in [-0.05, 0) is 5.54 Å². The Morgan fingerprint density at radius 3 is 2.14 bits per heavy atom. The van der Waals surface area contributed by atoms with E-state index in [1.165, 1.54) is 0 Å². The second-order valence-electron chi connectivity index (χ2n) is 1.47. The smallest absolute Gasteiger partial charge is 0.150 e. The van der Waals surface area contributed by atoms with E-state index in [0.717, 1.165) is 4.43 Å². The highest BCUT2D eigenvalue weighted by Crippen LogP contribution is 2.17. The summed E-state index contributed by atoms with van der Waals surface area (Å²) in [5.41, 5.74) is 0.559. The molecule has 1 atom stereocenters. The Morgan fingerprint density at radius 1 is 1.71 bits per heavy atom. The van der Waals surface area contributed by atoms with Crippen molar-refractivity contribution in [2.45, 2.75) is 12.5 Å². The second kappa shape index (κ2) is 4.41. The fourth-order valence-electron chi connectivity index (χ4n) is 0.0673. The maximum absolute atomic E-state index is 5.63. The van der Waals surface area contributed by atoms with Gasteiger partial charge in [0.1, 0.15) is 0 Å². The summed E-state index contributed by atoms with van der Waals surface area (Å²) in [5.74, 6) is 0. The zero-order chi connectivity index (χ0) is 5.86. The molecule has 0 aromatic heterocycles. The molecule has 0 aliphatic rings. The number of hydrogen-bond acceptors (Lipinski definition) is 0. The third kappa shape index (κ3) is 4.06. The van der Waals surface area contributed by atoms with Gasteiger partial charge in [0.15, 0.2) is 0 Å². The van der Waals surface area contributed by atoms with Crippen molar-refractivity contribution in [1.29, 1.82) is 0 Å². The van der Waals surface area contributed by atoms with Gasteiger partial charge in [-0.25, -0.2) is 0 Å². The molecule has 0 nitrogen and oxygen atoms in total. The van der Waals surface area contributed by atoms with Crippen LogP contribution in [0.5, 0.6) is 0 Å². The fraction of sp³-hybridized carbons (Fsp3) is 1.00. The van der Waals surface area contributed by atoms with Crippen LogP contribution in [0.15, 0.2) is 0 Å². The van der Waals surface area contributed by atoms with E-state index in [1.54, 1.807) is 0 Å². The van der Waals surface area contributed by atoms with Gasteiger partial charge in [-0.1, -0.05) is 29.5 Å². The molecule has 0 amide bonds. The average Bonchev–Trinajstić information content (AvgIpc) is 1.65. The highest BCUT2D eigenvalue weighted by Gasteiger charge is 2.10. The molecule has 0 heterocycles. The van der Waals surface area contributed by atoms with Crippen molar-refractivity contribution < 1.29 is 0 Å². The molecule has 0 bridgehead atoms. The van der Waals surface area contributed by atoms with E-state index in [4.69, 9.17) is 22.2 Å². The standard InChI is InChI=1S/C3H7Cl2ISi/c1-3(2-6)7(4)5/h3,7H,2H2,1H3. The van der Waals surface area contributed by atoms with Gasteiger partial charge in [-0.2, -0.15) is 22.2 Å². The predicted octanol–water partition coefficient (Wildman–Crippen LogP) is 2.51. The Balaban J connectivity index is 3.14. The Bertz CT molecular complexity index is 50.2. The molecular weight excluding hydrogens is 262 g/mol. The van der Waals surface area contributed by atoms with Crippen LogP contribution >= 0.6 is 44.7 Å². The van der Waals surface area contributed by atoms with Gasteiger partial charge in [0, 0.05) is 4.43 Å². The van der Waals surface area contributed by atoms with Gasteiger partial charge in [0.05, 0.1) is 0 Å². The number of halogens is 3. The third-order valence-corrected chi connectivity index (χ3v) is 6.70. The Hall–Kier alpha value is 1.53. The normalized spacial score (nSPS) is 15.0. The van der Waals surface area contributed by atoms with Crippen molar-refractivity contribution in [3.05, 3.63) is 0 Å². The highest BCUT2D eigenvalue weighted by molar-refractivity contribution is 14.1. The predicted molar refractivity (Wildman–Crippen MR) is 47.2 cm³/mol. The molecule has 0 N–H and O–H groups in total. The molecule has 0 spiro atoms. The lowest BCUT2D eigenvalue weighted by molar-refractivity contribution is 1.11. The molecule has 0 aromatic carbocycles. The van der Waals surface area contributed by atoms with Crippen LogP contribution in [0.1, 0.15) is 6.92 Å². The topological polar surface area (TPSA) is 0 Å². The van der Waals surface area contributed by atoms with Crippen LogP contribution in [0, 0.1) is 0 Å². The molecule has 0 radical (unpaired) electrons. The first kappa shape index (κ1) is 8.53. The Morgan fingerprint density at radius 2 is 2.14 bits per heavy atom. The monoisotopic (exact) mass is 268 g/mol. The lowest BCUT2D eigenvalue weighted by atomic mass is 10.6. The molecule has 1 unspecified atom stereocenters. The first-order valence-electron chi connectivity index (χ1n) is 2.02. The highest BCUT2D eigenvalue weighted by atomic mass is 127. The third-order valence-electron chi connectivity index (χ3n) is 0.674. The molecule has 0 aromatic rings. The Labute approximate surface area is 68.7 Å². The molecule has 7 heavy (non-hydrogen) atoms. The minimum atomic E-state index is -1.33. The van der Waals surface area contributed by atoms with Crippen LogP contribution in [0.4, 0.5) is 0 Å². The zero-order valence-corrected chi connectivity index (χ0v) is 8.82. The van der Waals surface area contributed by atoms with Crippen LogP contribution in [-0.2, 0) is 0 Å². The van der Waals surface area contributed by atoms with E-state index < -0.39 is 7.42 Å². The zero-order valence-electron chi connectivity index (χ0n) is 4.00. The number of alkyl halides is 1. The average molecular weight is 269 g/mol. The van der Waals surface area contributed by atoms with E-state index in [1.807, 2.05) is 0 Å². The van der Waals surface area contributed by atoms with Crippen molar-refractivity contribution in [3.63, 3.8) is 0 Å². The number of rotatable bonds is 2. The maximum atomic E-state index is 5.63. The van der Waals surface area contributed by atoms with Gasteiger partial charge in [-0.15, -0.1) is 0 Å². The van der Waals surface area contributed by atoms with Gasteiger partial charge in [-0.3, -0.25) is 0 Å². The molecule has 0 fully saturated rings. The minimum absolute atomic E-state index is 0.559. The molecule has 4 heteroatoms. The lowest BCUT2D eigenvalue weighted by Gasteiger charge is -2.02. The van der Waals surface area contributed by atoms with Gasteiger partial charge >= 0.3 is 0 Å². The molecular formula is C3H7Cl2ISi. The van der Waals surface area contributed by atoms with Crippen LogP contribution in [0.2, 0.25) is 5.54 Å². The molecule has 0 rings (SSSR count). The van der Waals surface area contributed by atoms with E-state index in [9.17, 15) is 0 Å². The summed E-state index contributed by atoms with van der Waals surface area (Å²) in [6, 6.07) is 0. The largest absolute Gasteiger partial charge is 0.240 e. The summed E-state index contributed by atoms with van der Waals surface area (Å²) < 4.78 is 1.08. The summed E-state index contributed by atoms with van der Waals surface area (Å²) >= 11 is 13.6. The summed E-state index contributed by atoms with van der Waals surface area (Å²) in [4.78, 5) is 0. The van der Waals surface area contributed by atoms with Crippen molar-refractivity contribution in [2.24, 2.45) is 0 Å².